The predicted molar refractivity (Wildman–Crippen MR) is 100 cm³/mol. The first kappa shape index (κ1) is 18.0. The van der Waals surface area contributed by atoms with E-state index in [1.807, 2.05) is 27.7 Å². The van der Waals surface area contributed by atoms with Gasteiger partial charge in [-0.15, -0.1) is 0 Å². The Morgan fingerprint density at radius 3 is 1.86 bits per heavy atom. The van der Waals surface area contributed by atoms with Crippen molar-refractivity contribution in [2.24, 2.45) is 0 Å². The van der Waals surface area contributed by atoms with Crippen LogP contribution in [0.4, 0.5) is 0 Å². The molecule has 0 aliphatic carbocycles. The third-order valence-corrected chi connectivity index (χ3v) is 3.38. The van der Waals surface area contributed by atoms with E-state index in [2.05, 4.69) is 79.2 Å². The van der Waals surface area contributed by atoms with Gasteiger partial charge in [-0.25, -0.2) is 0 Å². The Morgan fingerprint density at radius 2 is 1.27 bits per heavy atom. The van der Waals surface area contributed by atoms with Gasteiger partial charge in [-0.3, -0.25) is 0 Å². The molecule has 0 saturated heterocycles. The number of hydrogen-bond donors (Lipinski definition) is 0. The lowest BCUT2D eigenvalue weighted by Crippen LogP contribution is -1.97. The molecule has 0 spiro atoms. The minimum atomic E-state index is 0.479. The highest BCUT2D eigenvalue weighted by Gasteiger charge is 2.10. The van der Waals surface area contributed by atoms with E-state index in [-0.39, 0.29) is 0 Å². The summed E-state index contributed by atoms with van der Waals surface area (Å²) in [5.74, 6) is 0. The van der Waals surface area contributed by atoms with E-state index < -0.39 is 0 Å². The molecule has 1 nitrogen and oxygen atoms in total. The Morgan fingerprint density at radius 1 is 0.727 bits per heavy atom. The van der Waals surface area contributed by atoms with Crippen LogP contribution < -0.4 is 0 Å². The Hall–Kier alpha value is -2.02. The van der Waals surface area contributed by atoms with Gasteiger partial charge in [0.05, 0.1) is 0 Å². The first-order valence-electron chi connectivity index (χ1n) is 8.42. The van der Waals surface area contributed by atoms with E-state index in [1.165, 1.54) is 22.0 Å². The summed E-state index contributed by atoms with van der Waals surface area (Å²) in [7, 11) is 0. The van der Waals surface area contributed by atoms with E-state index in [1.54, 1.807) is 0 Å². The van der Waals surface area contributed by atoms with Crippen molar-refractivity contribution in [3.8, 4) is 11.1 Å². The molecule has 3 aromatic rings. The molecule has 0 radical (unpaired) electrons. The number of rotatable bonds is 2. The summed E-state index contributed by atoms with van der Waals surface area (Å²) >= 11 is 0. The molecule has 118 valence electrons. The van der Waals surface area contributed by atoms with E-state index in [0.717, 1.165) is 0 Å². The van der Waals surface area contributed by atoms with Crippen LogP contribution in [0, 0.1) is 0 Å². The summed E-state index contributed by atoms with van der Waals surface area (Å²) in [6.45, 7) is 12.4. The highest BCUT2D eigenvalue weighted by Crippen LogP contribution is 2.32. The van der Waals surface area contributed by atoms with Gasteiger partial charge >= 0.3 is 0 Å². The average Bonchev–Trinajstić information content (AvgIpc) is 2.99. The molecule has 0 atom stereocenters. The maximum atomic E-state index is 2.34. The molecule has 0 aliphatic heterocycles. The van der Waals surface area contributed by atoms with Crippen LogP contribution >= 0.6 is 0 Å². The molecule has 0 bridgehead atoms. The highest BCUT2D eigenvalue weighted by molar-refractivity contribution is 5.96. The summed E-state index contributed by atoms with van der Waals surface area (Å²) in [5.41, 5.74) is 3.92. The summed E-state index contributed by atoms with van der Waals surface area (Å²) in [6.07, 6.45) is 2.27. The van der Waals surface area contributed by atoms with Crippen LogP contribution in [-0.4, -0.2) is 4.57 Å². The van der Waals surface area contributed by atoms with E-state index in [9.17, 15) is 0 Å². The van der Waals surface area contributed by atoms with Crippen molar-refractivity contribution in [3.63, 3.8) is 0 Å². The summed E-state index contributed by atoms with van der Waals surface area (Å²) in [4.78, 5) is 0. The number of benzene rings is 2. The molecular formula is C21H29N. The van der Waals surface area contributed by atoms with Gasteiger partial charge in [0.25, 0.3) is 0 Å². The fourth-order valence-electron chi connectivity index (χ4n) is 2.48. The SMILES string of the molecule is CC.CC.CC(C)n1cc(-c2ccccc2)c2ccccc21. The van der Waals surface area contributed by atoms with Gasteiger partial charge in [0.1, 0.15) is 0 Å². The van der Waals surface area contributed by atoms with Gasteiger partial charge in [0.15, 0.2) is 0 Å². The molecule has 3 rings (SSSR count). The van der Waals surface area contributed by atoms with Crippen LogP contribution in [0.1, 0.15) is 47.6 Å². The van der Waals surface area contributed by atoms with Crippen molar-refractivity contribution >= 4 is 10.9 Å². The van der Waals surface area contributed by atoms with E-state index in [0.29, 0.717) is 6.04 Å². The van der Waals surface area contributed by atoms with Gasteiger partial charge < -0.3 is 4.57 Å². The molecule has 0 saturated carbocycles. The molecule has 0 fully saturated rings. The second-order valence-electron chi connectivity index (χ2n) is 4.93. The molecule has 0 unspecified atom stereocenters. The Balaban J connectivity index is 0.000000561. The topological polar surface area (TPSA) is 4.93 Å². The molecule has 22 heavy (non-hydrogen) atoms. The zero-order valence-corrected chi connectivity index (χ0v) is 14.8. The Bertz CT molecular complexity index is 663. The minimum Gasteiger partial charge on any atom is -0.344 e. The monoisotopic (exact) mass is 295 g/mol. The number of nitrogens with zero attached hydrogens (tertiary/aromatic N) is 1. The lowest BCUT2D eigenvalue weighted by Gasteiger charge is -2.08. The smallest absolute Gasteiger partial charge is 0.0489 e. The summed E-state index contributed by atoms with van der Waals surface area (Å²) in [6, 6.07) is 19.7. The lowest BCUT2D eigenvalue weighted by molar-refractivity contribution is 0.623. The molecule has 0 aliphatic rings. The third kappa shape index (κ3) is 3.79. The molecular weight excluding hydrogens is 266 g/mol. The molecule has 0 N–H and O–H groups in total. The quantitative estimate of drug-likeness (QED) is 0.482. The normalized spacial score (nSPS) is 9.77. The van der Waals surface area contributed by atoms with Crippen LogP contribution in [0.5, 0.6) is 0 Å². The predicted octanol–water partition coefficient (Wildman–Crippen LogP) is 6.94. The van der Waals surface area contributed by atoms with Crippen molar-refractivity contribution in [3.05, 3.63) is 60.8 Å². The van der Waals surface area contributed by atoms with Crippen molar-refractivity contribution in [1.29, 1.82) is 0 Å². The van der Waals surface area contributed by atoms with Crippen LogP contribution in [0.25, 0.3) is 22.0 Å². The second-order valence-corrected chi connectivity index (χ2v) is 4.93. The third-order valence-electron chi connectivity index (χ3n) is 3.38. The van der Waals surface area contributed by atoms with Crippen LogP contribution in [0.3, 0.4) is 0 Å². The zero-order chi connectivity index (χ0) is 16.5. The van der Waals surface area contributed by atoms with Gasteiger partial charge in [0.2, 0.25) is 0 Å². The van der Waals surface area contributed by atoms with Crippen molar-refractivity contribution in [2.75, 3.05) is 0 Å². The van der Waals surface area contributed by atoms with Crippen LogP contribution in [-0.2, 0) is 0 Å². The van der Waals surface area contributed by atoms with E-state index in [4.69, 9.17) is 0 Å². The average molecular weight is 295 g/mol. The second kappa shape index (κ2) is 9.09. The van der Waals surface area contributed by atoms with Gasteiger partial charge in [0, 0.05) is 28.7 Å². The first-order valence-corrected chi connectivity index (χ1v) is 8.42. The van der Waals surface area contributed by atoms with E-state index >= 15 is 0 Å². The number of fused-ring (bicyclic) bond motifs is 1. The van der Waals surface area contributed by atoms with Crippen LogP contribution in [0.2, 0.25) is 0 Å². The fraction of sp³-hybridized carbons (Fsp3) is 0.333. The van der Waals surface area contributed by atoms with Gasteiger partial charge in [-0.05, 0) is 25.5 Å². The standard InChI is InChI=1S/C17H17N.2C2H6/c1-13(2)18-12-16(14-8-4-3-5-9-14)15-10-6-7-11-17(15)18;2*1-2/h3-13H,1-2H3;2*1-2H3. The summed E-state index contributed by atoms with van der Waals surface area (Å²) < 4.78 is 2.34. The van der Waals surface area contributed by atoms with Crippen LogP contribution in [0.15, 0.2) is 60.8 Å². The first-order chi connectivity index (χ1) is 10.8. The number of hydrogen-bond acceptors (Lipinski definition) is 0. The maximum absolute atomic E-state index is 2.34. The largest absolute Gasteiger partial charge is 0.344 e. The lowest BCUT2D eigenvalue weighted by atomic mass is 10.1. The highest BCUT2D eigenvalue weighted by atomic mass is 15.0. The fourth-order valence-corrected chi connectivity index (χ4v) is 2.48. The Kier molecular flexibility index (Phi) is 7.45. The molecule has 2 aromatic carbocycles. The molecule has 1 heteroatoms. The molecule has 1 aromatic heterocycles. The van der Waals surface area contributed by atoms with Crippen molar-refractivity contribution in [1.82, 2.24) is 4.57 Å². The van der Waals surface area contributed by atoms with Crippen molar-refractivity contribution < 1.29 is 0 Å². The maximum Gasteiger partial charge on any atom is 0.0489 e. The number of para-hydroxylation sites is 1. The number of aromatic nitrogens is 1. The summed E-state index contributed by atoms with van der Waals surface area (Å²) in [5, 5.41) is 1.33. The molecule has 0 amide bonds. The minimum absolute atomic E-state index is 0.479. The van der Waals surface area contributed by atoms with Crippen molar-refractivity contribution in [2.45, 2.75) is 47.6 Å². The zero-order valence-electron chi connectivity index (χ0n) is 14.8. The molecule has 1 heterocycles. The Labute approximate surface area is 135 Å². The van der Waals surface area contributed by atoms with Gasteiger partial charge in [-0.1, -0.05) is 76.2 Å². The van der Waals surface area contributed by atoms with Gasteiger partial charge in [-0.2, -0.15) is 0 Å².